The number of benzene rings is 2. The Morgan fingerprint density at radius 3 is 2.61 bits per heavy atom. The molecule has 1 aliphatic rings. The summed E-state index contributed by atoms with van der Waals surface area (Å²) in [7, 11) is 0. The van der Waals surface area contributed by atoms with E-state index in [-0.39, 0.29) is 42.7 Å². The maximum atomic E-state index is 13.2. The van der Waals surface area contributed by atoms with Gasteiger partial charge in [0.15, 0.2) is 5.65 Å². The first-order chi connectivity index (χ1) is 17.4. The van der Waals surface area contributed by atoms with Crippen molar-refractivity contribution in [1.29, 1.82) is 0 Å². The van der Waals surface area contributed by atoms with Gasteiger partial charge in [0.1, 0.15) is 17.5 Å². The van der Waals surface area contributed by atoms with Gasteiger partial charge in [0.05, 0.1) is 25.2 Å². The number of nitrogens with zero attached hydrogens (tertiary/aromatic N) is 5. The summed E-state index contributed by atoms with van der Waals surface area (Å²) < 4.78 is 16.2. The van der Waals surface area contributed by atoms with E-state index in [1.165, 1.54) is 46.3 Å². The molecule has 2 amide bonds. The van der Waals surface area contributed by atoms with Gasteiger partial charge in [-0.2, -0.15) is 5.10 Å². The molecule has 184 valence electrons. The fourth-order valence-electron chi connectivity index (χ4n) is 4.24. The molecule has 0 aliphatic carbocycles. The largest absolute Gasteiger partial charge is 0.354 e. The lowest BCUT2D eigenvalue weighted by atomic mass is 10.1. The summed E-state index contributed by atoms with van der Waals surface area (Å²) in [4.78, 5) is 43.8. The zero-order valence-electron chi connectivity index (χ0n) is 19.1. The molecule has 1 unspecified atom stereocenters. The van der Waals surface area contributed by atoms with Crippen LogP contribution in [0.3, 0.4) is 0 Å². The van der Waals surface area contributed by atoms with Gasteiger partial charge in [0.2, 0.25) is 11.8 Å². The van der Waals surface area contributed by atoms with Crippen molar-refractivity contribution in [2.75, 3.05) is 18.0 Å². The van der Waals surface area contributed by atoms with Gasteiger partial charge < -0.3 is 10.2 Å². The summed E-state index contributed by atoms with van der Waals surface area (Å²) in [5, 5.41) is 8.10. The molecular formula is C25H22ClFN6O3. The van der Waals surface area contributed by atoms with Gasteiger partial charge in [-0.05, 0) is 42.0 Å². The van der Waals surface area contributed by atoms with Gasteiger partial charge >= 0.3 is 0 Å². The number of hydrogen-bond acceptors (Lipinski definition) is 5. The van der Waals surface area contributed by atoms with Crippen molar-refractivity contribution in [3.63, 3.8) is 0 Å². The molecule has 2 aromatic carbocycles. The van der Waals surface area contributed by atoms with Crippen LogP contribution in [-0.4, -0.2) is 44.2 Å². The average Bonchev–Trinajstić information content (AvgIpc) is 3.47. The van der Waals surface area contributed by atoms with Crippen LogP contribution in [0.2, 0.25) is 5.02 Å². The monoisotopic (exact) mass is 508 g/mol. The van der Waals surface area contributed by atoms with E-state index < -0.39 is 5.92 Å². The summed E-state index contributed by atoms with van der Waals surface area (Å²) >= 11 is 5.92. The van der Waals surface area contributed by atoms with E-state index in [9.17, 15) is 18.8 Å². The van der Waals surface area contributed by atoms with E-state index >= 15 is 0 Å². The highest BCUT2D eigenvalue weighted by Gasteiger charge is 2.35. The average molecular weight is 509 g/mol. The predicted molar refractivity (Wildman–Crippen MR) is 132 cm³/mol. The molecule has 0 saturated carbocycles. The molecule has 5 rings (SSSR count). The maximum absolute atomic E-state index is 13.2. The summed E-state index contributed by atoms with van der Waals surface area (Å²) in [6, 6.07) is 12.8. The second-order valence-corrected chi connectivity index (χ2v) is 9.02. The van der Waals surface area contributed by atoms with Crippen molar-refractivity contribution >= 4 is 40.1 Å². The number of amides is 2. The van der Waals surface area contributed by atoms with E-state index in [4.69, 9.17) is 11.6 Å². The van der Waals surface area contributed by atoms with Crippen LogP contribution in [0, 0.1) is 11.7 Å². The van der Waals surface area contributed by atoms with Crippen molar-refractivity contribution in [3.05, 3.63) is 87.8 Å². The number of carbonyl (C=O) groups excluding carboxylic acids is 2. The van der Waals surface area contributed by atoms with Gasteiger partial charge in [-0.15, -0.1) is 0 Å². The van der Waals surface area contributed by atoms with Crippen molar-refractivity contribution in [2.24, 2.45) is 5.92 Å². The Morgan fingerprint density at radius 1 is 1.11 bits per heavy atom. The number of halogens is 2. The fraction of sp³-hybridized carbons (Fsp3) is 0.240. The number of carbonyl (C=O) groups is 2. The maximum Gasteiger partial charge on any atom is 0.264 e. The van der Waals surface area contributed by atoms with E-state index in [1.54, 1.807) is 16.8 Å². The Balaban J connectivity index is 1.19. The minimum Gasteiger partial charge on any atom is -0.354 e. The fourth-order valence-corrected chi connectivity index (χ4v) is 4.37. The lowest BCUT2D eigenvalue weighted by Gasteiger charge is -2.16. The van der Waals surface area contributed by atoms with Crippen LogP contribution in [0.15, 0.2) is 65.8 Å². The number of rotatable bonds is 7. The van der Waals surface area contributed by atoms with Gasteiger partial charge in [-0.1, -0.05) is 23.7 Å². The van der Waals surface area contributed by atoms with Gasteiger partial charge in [-0.25, -0.2) is 14.1 Å². The Hall–Kier alpha value is -4.05. The van der Waals surface area contributed by atoms with Crippen molar-refractivity contribution < 1.29 is 14.0 Å². The van der Waals surface area contributed by atoms with E-state index in [0.717, 1.165) is 5.56 Å². The molecule has 11 heteroatoms. The van der Waals surface area contributed by atoms with Gasteiger partial charge in [0, 0.05) is 30.2 Å². The van der Waals surface area contributed by atoms with Crippen molar-refractivity contribution in [2.45, 2.75) is 19.5 Å². The Labute approximate surface area is 210 Å². The molecule has 1 aliphatic heterocycles. The first kappa shape index (κ1) is 23.7. The van der Waals surface area contributed by atoms with Crippen LogP contribution in [0.1, 0.15) is 12.0 Å². The smallest absolute Gasteiger partial charge is 0.264 e. The molecule has 1 saturated heterocycles. The Morgan fingerprint density at radius 2 is 1.86 bits per heavy atom. The minimum absolute atomic E-state index is 0.0859. The van der Waals surface area contributed by atoms with Crippen LogP contribution >= 0.6 is 11.6 Å². The number of fused-ring (bicyclic) bond motifs is 1. The first-order valence-electron chi connectivity index (χ1n) is 11.4. The van der Waals surface area contributed by atoms with Crippen LogP contribution in [0.5, 0.6) is 0 Å². The molecule has 4 aromatic rings. The number of aromatic nitrogens is 4. The molecule has 2 aromatic heterocycles. The Kier molecular flexibility index (Phi) is 6.51. The standard InChI is InChI=1S/C25H22ClFN6O3/c26-18-3-1-16(2-4-18)13-31-15-29-23-21(25(31)36)12-30-33(23)10-9-28-24(35)17-11-22(34)32(14-17)20-7-5-19(27)6-8-20/h1-8,12,15,17H,9-11,13-14H2,(H,28,35). The molecule has 0 radical (unpaired) electrons. The number of hydrogen-bond donors (Lipinski definition) is 1. The Bertz CT molecular complexity index is 1480. The van der Waals surface area contributed by atoms with E-state index in [1.807, 2.05) is 12.1 Å². The highest BCUT2D eigenvalue weighted by molar-refractivity contribution is 6.30. The molecule has 0 spiro atoms. The molecule has 1 atom stereocenters. The predicted octanol–water partition coefficient (Wildman–Crippen LogP) is 2.60. The topological polar surface area (TPSA) is 102 Å². The van der Waals surface area contributed by atoms with Crippen LogP contribution < -0.4 is 15.8 Å². The molecule has 1 fully saturated rings. The van der Waals surface area contributed by atoms with Crippen LogP contribution in [0.4, 0.5) is 10.1 Å². The summed E-state index contributed by atoms with van der Waals surface area (Å²) in [6.45, 7) is 1.16. The second kappa shape index (κ2) is 9.90. The summed E-state index contributed by atoms with van der Waals surface area (Å²) in [6.07, 6.45) is 3.04. The quantitative estimate of drug-likeness (QED) is 0.413. The van der Waals surface area contributed by atoms with Crippen LogP contribution in [0.25, 0.3) is 11.0 Å². The lowest BCUT2D eigenvalue weighted by molar-refractivity contribution is -0.126. The third-order valence-corrected chi connectivity index (χ3v) is 6.40. The third-order valence-electron chi connectivity index (χ3n) is 6.15. The van der Waals surface area contributed by atoms with E-state index in [0.29, 0.717) is 34.8 Å². The van der Waals surface area contributed by atoms with Crippen molar-refractivity contribution in [1.82, 2.24) is 24.6 Å². The minimum atomic E-state index is -0.505. The zero-order chi connectivity index (χ0) is 25.2. The van der Waals surface area contributed by atoms with Gasteiger partial charge in [0.25, 0.3) is 5.56 Å². The van der Waals surface area contributed by atoms with Gasteiger partial charge in [-0.3, -0.25) is 19.0 Å². The van der Waals surface area contributed by atoms with E-state index in [2.05, 4.69) is 15.4 Å². The normalized spacial score (nSPS) is 15.6. The molecule has 3 heterocycles. The first-order valence-corrected chi connectivity index (χ1v) is 11.8. The highest BCUT2D eigenvalue weighted by Crippen LogP contribution is 2.25. The summed E-state index contributed by atoms with van der Waals surface area (Å²) in [5.74, 6) is -1.32. The highest BCUT2D eigenvalue weighted by atomic mass is 35.5. The number of nitrogens with one attached hydrogen (secondary N) is 1. The SMILES string of the molecule is O=C(NCCn1ncc2c(=O)n(Cc3ccc(Cl)cc3)cnc21)C1CC(=O)N(c2ccc(F)cc2)C1. The number of anilines is 1. The molecule has 9 nitrogen and oxygen atoms in total. The lowest BCUT2D eigenvalue weighted by Crippen LogP contribution is -2.35. The third kappa shape index (κ3) is 4.85. The second-order valence-electron chi connectivity index (χ2n) is 8.58. The summed E-state index contributed by atoms with van der Waals surface area (Å²) in [5.41, 5.74) is 1.70. The van der Waals surface area contributed by atoms with Crippen LogP contribution in [-0.2, 0) is 22.7 Å². The molecular weight excluding hydrogens is 487 g/mol. The molecule has 0 bridgehead atoms. The molecule has 36 heavy (non-hydrogen) atoms. The zero-order valence-corrected chi connectivity index (χ0v) is 19.9. The molecule has 1 N–H and O–H groups in total. The van der Waals surface area contributed by atoms with Crippen molar-refractivity contribution in [3.8, 4) is 0 Å².